The number of ether oxygens (including phenoxy) is 2. The zero-order chi connectivity index (χ0) is 18.4. The van der Waals surface area contributed by atoms with Gasteiger partial charge in [-0.25, -0.2) is 4.98 Å². The molecule has 1 fully saturated rings. The lowest BCUT2D eigenvalue weighted by Gasteiger charge is -2.33. The molecular formula is C21H26N4O2. The molecule has 2 aromatic rings. The van der Waals surface area contributed by atoms with Gasteiger partial charge >= 0.3 is 0 Å². The molecule has 6 nitrogen and oxygen atoms in total. The molecule has 0 radical (unpaired) electrons. The predicted molar refractivity (Wildman–Crippen MR) is 106 cm³/mol. The molecule has 5 rings (SSSR count). The van der Waals surface area contributed by atoms with Gasteiger partial charge in [-0.2, -0.15) is 0 Å². The fourth-order valence-corrected chi connectivity index (χ4v) is 4.82. The highest BCUT2D eigenvalue weighted by Gasteiger charge is 2.41. The molecule has 2 N–H and O–H groups in total. The molecule has 4 heterocycles. The van der Waals surface area contributed by atoms with Crippen molar-refractivity contribution in [1.82, 2.24) is 10.3 Å². The number of hydrogen-bond donors (Lipinski definition) is 2. The van der Waals surface area contributed by atoms with Crippen LogP contribution in [0.25, 0.3) is 0 Å². The van der Waals surface area contributed by atoms with Crippen LogP contribution < -0.4 is 20.3 Å². The number of aromatic nitrogens is 1. The third-order valence-electron chi connectivity index (χ3n) is 5.95. The summed E-state index contributed by atoms with van der Waals surface area (Å²) in [6.45, 7) is 6.64. The number of piperidine rings is 1. The second-order valence-electron chi connectivity index (χ2n) is 7.68. The monoisotopic (exact) mass is 366 g/mol. The molecule has 0 unspecified atom stereocenters. The third-order valence-corrected chi connectivity index (χ3v) is 5.95. The summed E-state index contributed by atoms with van der Waals surface area (Å²) in [5.41, 5.74) is 7.20. The van der Waals surface area contributed by atoms with Gasteiger partial charge in [-0.05, 0) is 49.2 Å². The molecule has 0 spiro atoms. The van der Waals surface area contributed by atoms with Crippen LogP contribution in [0.5, 0.6) is 5.88 Å². The largest absolute Gasteiger partial charge is 0.480 e. The average Bonchev–Trinajstić information content (AvgIpc) is 2.84. The molecule has 0 bridgehead atoms. The minimum atomic E-state index is 0.546. The number of pyridine rings is 1. The molecule has 0 amide bonds. The lowest BCUT2D eigenvalue weighted by molar-refractivity contribution is 0.130. The first-order valence-electron chi connectivity index (χ1n) is 9.74. The van der Waals surface area contributed by atoms with Crippen molar-refractivity contribution in [3.8, 4) is 5.88 Å². The zero-order valence-corrected chi connectivity index (χ0v) is 15.9. The van der Waals surface area contributed by atoms with Crippen molar-refractivity contribution in [2.45, 2.75) is 31.9 Å². The second-order valence-corrected chi connectivity index (χ2v) is 7.68. The van der Waals surface area contributed by atoms with Crippen LogP contribution in [0.1, 0.15) is 29.0 Å². The minimum absolute atomic E-state index is 0.546. The number of fused-ring (bicyclic) bond motifs is 3. The Morgan fingerprint density at radius 2 is 2.26 bits per heavy atom. The molecule has 3 aliphatic heterocycles. The first-order valence-corrected chi connectivity index (χ1v) is 9.74. The lowest BCUT2D eigenvalue weighted by atomic mass is 9.89. The van der Waals surface area contributed by atoms with Crippen molar-refractivity contribution >= 4 is 17.1 Å². The topological polar surface area (TPSA) is 58.7 Å². The van der Waals surface area contributed by atoms with Gasteiger partial charge < -0.3 is 25.0 Å². The Balaban J connectivity index is 1.57. The Morgan fingerprint density at radius 3 is 3.15 bits per heavy atom. The summed E-state index contributed by atoms with van der Waals surface area (Å²) in [5.74, 6) is 1.16. The smallest absolute Gasteiger partial charge is 0.237 e. The van der Waals surface area contributed by atoms with E-state index in [1.165, 1.54) is 23.2 Å². The van der Waals surface area contributed by atoms with Gasteiger partial charge in [0.05, 0.1) is 20.3 Å². The van der Waals surface area contributed by atoms with Crippen LogP contribution in [-0.4, -0.2) is 44.4 Å². The Labute approximate surface area is 159 Å². The summed E-state index contributed by atoms with van der Waals surface area (Å²) in [6.07, 6.45) is 3.02. The summed E-state index contributed by atoms with van der Waals surface area (Å²) in [7, 11) is 1.66. The number of aryl methyl sites for hydroxylation is 1. The first kappa shape index (κ1) is 16.8. The number of rotatable bonds is 3. The van der Waals surface area contributed by atoms with E-state index in [0.29, 0.717) is 24.4 Å². The maximum atomic E-state index is 5.91. The van der Waals surface area contributed by atoms with E-state index in [0.717, 1.165) is 43.2 Å². The standard InChI is InChI=1S/C21H26N4O2/c1-13-7-18(21(26-2)23-10-13)24-15-8-14-12-27-6-5-25-19-3-4-22-11-17(19)16(9-15)20(14)25/h7-10,17,19,22,24H,3-6,11-12H2,1-2H3/t17-,19-/m0/s1. The molecule has 1 aromatic carbocycles. The number of anilines is 3. The van der Waals surface area contributed by atoms with E-state index in [2.05, 4.69) is 38.7 Å². The zero-order valence-electron chi connectivity index (χ0n) is 15.9. The normalized spacial score (nSPS) is 23.4. The van der Waals surface area contributed by atoms with Crippen molar-refractivity contribution in [3.05, 3.63) is 41.1 Å². The maximum absolute atomic E-state index is 5.91. The van der Waals surface area contributed by atoms with Gasteiger partial charge in [0.25, 0.3) is 0 Å². The van der Waals surface area contributed by atoms with E-state index in [9.17, 15) is 0 Å². The summed E-state index contributed by atoms with van der Waals surface area (Å²) in [5, 5.41) is 7.13. The molecule has 0 aliphatic carbocycles. The summed E-state index contributed by atoms with van der Waals surface area (Å²) in [6, 6.07) is 7.21. The summed E-state index contributed by atoms with van der Waals surface area (Å²) in [4.78, 5) is 6.98. The van der Waals surface area contributed by atoms with Gasteiger partial charge in [-0.1, -0.05) is 0 Å². The summed E-state index contributed by atoms with van der Waals surface area (Å²) < 4.78 is 11.3. The molecule has 2 atom stereocenters. The Bertz CT molecular complexity index is 870. The molecular weight excluding hydrogens is 340 g/mol. The fourth-order valence-electron chi connectivity index (χ4n) is 4.82. The van der Waals surface area contributed by atoms with Crippen LogP contribution in [0.4, 0.5) is 17.1 Å². The van der Waals surface area contributed by atoms with Crippen LogP contribution in [-0.2, 0) is 11.3 Å². The van der Waals surface area contributed by atoms with Crippen LogP contribution in [0.15, 0.2) is 24.4 Å². The number of hydrogen-bond acceptors (Lipinski definition) is 6. The molecule has 0 saturated carbocycles. The highest BCUT2D eigenvalue weighted by Crippen LogP contribution is 2.47. The van der Waals surface area contributed by atoms with Gasteiger partial charge in [0.2, 0.25) is 5.88 Å². The lowest BCUT2D eigenvalue weighted by Crippen LogP contribution is -2.44. The SMILES string of the molecule is COc1ncc(C)cc1Nc1cc2c3c(c1)[C@@H]1CNCC[C@@H]1N3CCOC2. The van der Waals surface area contributed by atoms with E-state index < -0.39 is 0 Å². The minimum Gasteiger partial charge on any atom is -0.480 e. The molecule has 1 saturated heterocycles. The molecule has 1 aromatic heterocycles. The van der Waals surface area contributed by atoms with Gasteiger partial charge in [-0.15, -0.1) is 0 Å². The molecule has 27 heavy (non-hydrogen) atoms. The van der Waals surface area contributed by atoms with E-state index >= 15 is 0 Å². The van der Waals surface area contributed by atoms with E-state index in [-0.39, 0.29) is 0 Å². The van der Waals surface area contributed by atoms with E-state index in [1.54, 1.807) is 7.11 Å². The summed E-state index contributed by atoms with van der Waals surface area (Å²) >= 11 is 0. The molecule has 142 valence electrons. The average molecular weight is 366 g/mol. The van der Waals surface area contributed by atoms with Gasteiger partial charge in [0, 0.05) is 48.2 Å². The third kappa shape index (κ3) is 2.84. The Hall–Kier alpha value is -2.31. The predicted octanol–water partition coefficient (Wildman–Crippen LogP) is 2.94. The maximum Gasteiger partial charge on any atom is 0.237 e. The first-order chi connectivity index (χ1) is 13.2. The van der Waals surface area contributed by atoms with Crippen LogP contribution >= 0.6 is 0 Å². The molecule has 6 heteroatoms. The van der Waals surface area contributed by atoms with Crippen molar-refractivity contribution < 1.29 is 9.47 Å². The number of nitrogens with zero attached hydrogens (tertiary/aromatic N) is 2. The van der Waals surface area contributed by atoms with Crippen molar-refractivity contribution in [2.24, 2.45) is 0 Å². The van der Waals surface area contributed by atoms with Crippen molar-refractivity contribution in [3.63, 3.8) is 0 Å². The van der Waals surface area contributed by atoms with Crippen molar-refractivity contribution in [2.75, 3.05) is 43.6 Å². The highest BCUT2D eigenvalue weighted by atomic mass is 16.5. The quantitative estimate of drug-likeness (QED) is 0.871. The number of methoxy groups -OCH3 is 1. The van der Waals surface area contributed by atoms with E-state index in [1.807, 2.05) is 13.1 Å². The number of benzene rings is 1. The Kier molecular flexibility index (Phi) is 4.17. The Morgan fingerprint density at radius 1 is 1.33 bits per heavy atom. The van der Waals surface area contributed by atoms with Crippen LogP contribution in [0, 0.1) is 6.92 Å². The van der Waals surface area contributed by atoms with Crippen LogP contribution in [0.2, 0.25) is 0 Å². The van der Waals surface area contributed by atoms with Crippen LogP contribution in [0.3, 0.4) is 0 Å². The van der Waals surface area contributed by atoms with E-state index in [4.69, 9.17) is 9.47 Å². The van der Waals surface area contributed by atoms with Gasteiger partial charge in [-0.3, -0.25) is 0 Å². The van der Waals surface area contributed by atoms with Gasteiger partial charge in [0.1, 0.15) is 5.69 Å². The second kappa shape index (κ2) is 6.69. The van der Waals surface area contributed by atoms with Gasteiger partial charge in [0.15, 0.2) is 0 Å². The molecule has 3 aliphatic rings. The van der Waals surface area contributed by atoms with Crippen molar-refractivity contribution in [1.29, 1.82) is 0 Å². The number of nitrogens with one attached hydrogen (secondary N) is 2. The highest BCUT2D eigenvalue weighted by molar-refractivity contribution is 5.75. The fraction of sp³-hybridized carbons (Fsp3) is 0.476.